The highest BCUT2D eigenvalue weighted by atomic mass is 79.9. The number of nitrogens with zero attached hydrogens (tertiary/aromatic N) is 2. The summed E-state index contributed by atoms with van der Waals surface area (Å²) in [6.45, 7) is 0. The molecule has 1 aromatic carbocycles. The van der Waals surface area contributed by atoms with Crippen LogP contribution >= 0.6 is 27.5 Å². The minimum absolute atomic E-state index is 0.465. The van der Waals surface area contributed by atoms with Gasteiger partial charge in [-0.15, -0.1) is 0 Å². The third-order valence-corrected chi connectivity index (χ3v) is 3.82. The first-order valence-corrected chi connectivity index (χ1v) is 7.15. The van der Waals surface area contributed by atoms with Crippen molar-refractivity contribution in [2.45, 2.75) is 18.8 Å². The second-order valence-corrected chi connectivity index (χ2v) is 5.85. The van der Waals surface area contributed by atoms with Crippen molar-refractivity contribution in [2.24, 2.45) is 0 Å². The van der Waals surface area contributed by atoms with E-state index in [-0.39, 0.29) is 0 Å². The van der Waals surface area contributed by atoms with Crippen molar-refractivity contribution < 1.29 is 0 Å². The molecule has 6 heteroatoms. The fourth-order valence-corrected chi connectivity index (χ4v) is 2.32. The van der Waals surface area contributed by atoms with E-state index in [0.29, 0.717) is 22.6 Å². The summed E-state index contributed by atoms with van der Waals surface area (Å²) in [6, 6.07) is 7.26. The van der Waals surface area contributed by atoms with Crippen molar-refractivity contribution in [3.8, 4) is 0 Å². The van der Waals surface area contributed by atoms with Gasteiger partial charge in [0.1, 0.15) is 17.5 Å². The van der Waals surface area contributed by atoms with Crippen molar-refractivity contribution in [1.82, 2.24) is 9.97 Å². The Kier molecular flexibility index (Phi) is 3.33. The Labute approximate surface area is 124 Å². The molecule has 0 aliphatic heterocycles. The highest BCUT2D eigenvalue weighted by Crippen LogP contribution is 2.39. The van der Waals surface area contributed by atoms with Crippen LogP contribution in [0.1, 0.15) is 24.6 Å². The summed E-state index contributed by atoms with van der Waals surface area (Å²) in [7, 11) is 0. The van der Waals surface area contributed by atoms with Gasteiger partial charge in [0.05, 0.1) is 5.69 Å². The molecule has 1 aliphatic carbocycles. The number of hydrogen-bond acceptors (Lipinski definition) is 4. The van der Waals surface area contributed by atoms with Crippen LogP contribution in [-0.2, 0) is 0 Å². The van der Waals surface area contributed by atoms with E-state index in [1.165, 1.54) is 0 Å². The van der Waals surface area contributed by atoms with E-state index in [1.807, 2.05) is 18.2 Å². The van der Waals surface area contributed by atoms with Crippen molar-refractivity contribution in [3.63, 3.8) is 0 Å². The van der Waals surface area contributed by atoms with E-state index in [1.54, 1.807) is 6.07 Å². The summed E-state index contributed by atoms with van der Waals surface area (Å²) >= 11 is 9.46. The molecule has 0 unspecified atom stereocenters. The van der Waals surface area contributed by atoms with Gasteiger partial charge in [-0.1, -0.05) is 11.6 Å². The van der Waals surface area contributed by atoms with E-state index < -0.39 is 0 Å². The Balaban J connectivity index is 1.92. The standard InChI is InChI=1S/C13H12BrClN4/c14-9-4-3-8(15)5-10(9)17-12-6-11(16)18-13(19-12)7-1-2-7/h3-7H,1-2H2,(H3,16,17,18,19). The predicted molar refractivity (Wildman–Crippen MR) is 80.9 cm³/mol. The van der Waals surface area contributed by atoms with Crippen LogP contribution in [0.2, 0.25) is 5.02 Å². The number of nitrogen functional groups attached to an aromatic ring is 1. The monoisotopic (exact) mass is 338 g/mol. The molecule has 0 amide bonds. The number of aromatic nitrogens is 2. The lowest BCUT2D eigenvalue weighted by atomic mass is 10.3. The number of halogens is 2. The molecule has 0 saturated heterocycles. The van der Waals surface area contributed by atoms with E-state index >= 15 is 0 Å². The summed E-state index contributed by atoms with van der Waals surface area (Å²) in [4.78, 5) is 8.76. The molecule has 1 aromatic heterocycles. The predicted octanol–water partition coefficient (Wildman–Crippen LogP) is 4.10. The first kappa shape index (κ1) is 12.7. The van der Waals surface area contributed by atoms with Gasteiger partial charge in [-0.25, -0.2) is 9.97 Å². The van der Waals surface area contributed by atoms with Crippen LogP contribution in [0.5, 0.6) is 0 Å². The van der Waals surface area contributed by atoms with Crippen LogP contribution in [0, 0.1) is 0 Å². The second-order valence-electron chi connectivity index (χ2n) is 4.56. The van der Waals surface area contributed by atoms with Crippen molar-refractivity contribution in [2.75, 3.05) is 11.1 Å². The number of benzene rings is 1. The SMILES string of the molecule is Nc1cc(Nc2cc(Cl)ccc2Br)nc(C2CC2)n1. The van der Waals surface area contributed by atoms with E-state index in [4.69, 9.17) is 17.3 Å². The molecule has 0 atom stereocenters. The highest BCUT2D eigenvalue weighted by Gasteiger charge is 2.27. The van der Waals surface area contributed by atoms with Crippen LogP contribution in [0.25, 0.3) is 0 Å². The van der Waals surface area contributed by atoms with Crippen LogP contribution in [0.15, 0.2) is 28.7 Å². The van der Waals surface area contributed by atoms with Gasteiger partial charge in [0, 0.05) is 21.5 Å². The number of nitrogens with one attached hydrogen (secondary N) is 1. The van der Waals surface area contributed by atoms with Gasteiger partial charge in [-0.2, -0.15) is 0 Å². The molecule has 1 fully saturated rings. The van der Waals surface area contributed by atoms with Gasteiger partial charge in [0.15, 0.2) is 0 Å². The minimum atomic E-state index is 0.465. The summed E-state index contributed by atoms with van der Waals surface area (Å²) in [5.74, 6) is 2.46. The second kappa shape index (κ2) is 4.98. The highest BCUT2D eigenvalue weighted by molar-refractivity contribution is 9.10. The van der Waals surface area contributed by atoms with Gasteiger partial charge in [0.2, 0.25) is 0 Å². The molecule has 0 radical (unpaired) electrons. The van der Waals surface area contributed by atoms with E-state index in [9.17, 15) is 0 Å². The Hall–Kier alpha value is -1.33. The summed E-state index contributed by atoms with van der Waals surface area (Å²) in [5, 5.41) is 3.88. The summed E-state index contributed by atoms with van der Waals surface area (Å²) < 4.78 is 0.919. The topological polar surface area (TPSA) is 63.8 Å². The maximum absolute atomic E-state index is 5.99. The molecule has 0 bridgehead atoms. The third-order valence-electron chi connectivity index (χ3n) is 2.90. The minimum Gasteiger partial charge on any atom is -0.384 e. The Morgan fingerprint density at radius 3 is 2.79 bits per heavy atom. The van der Waals surface area contributed by atoms with E-state index in [2.05, 4.69) is 31.2 Å². The molecule has 3 N–H and O–H groups in total. The lowest BCUT2D eigenvalue weighted by Crippen LogP contribution is -2.03. The van der Waals surface area contributed by atoms with Crippen molar-refractivity contribution in [3.05, 3.63) is 39.6 Å². The Bertz CT molecular complexity index is 628. The van der Waals surface area contributed by atoms with Crippen molar-refractivity contribution >= 4 is 44.9 Å². The zero-order chi connectivity index (χ0) is 13.4. The molecule has 1 saturated carbocycles. The van der Waals surface area contributed by atoms with Gasteiger partial charge in [-0.05, 0) is 47.0 Å². The fourth-order valence-electron chi connectivity index (χ4n) is 1.80. The molecule has 3 rings (SSSR count). The quantitative estimate of drug-likeness (QED) is 0.884. The Morgan fingerprint density at radius 1 is 1.26 bits per heavy atom. The summed E-state index contributed by atoms with van der Waals surface area (Å²) in [6.07, 6.45) is 2.29. The molecule has 1 aliphatic rings. The average Bonchev–Trinajstić information content (AvgIpc) is 3.17. The van der Waals surface area contributed by atoms with Crippen LogP contribution in [-0.4, -0.2) is 9.97 Å². The first-order chi connectivity index (χ1) is 9.11. The number of hydrogen-bond donors (Lipinski definition) is 2. The molecular weight excluding hydrogens is 328 g/mol. The maximum atomic E-state index is 5.99. The molecule has 19 heavy (non-hydrogen) atoms. The fraction of sp³-hybridized carbons (Fsp3) is 0.231. The molecule has 1 heterocycles. The zero-order valence-corrected chi connectivity index (χ0v) is 12.4. The average molecular weight is 340 g/mol. The lowest BCUT2D eigenvalue weighted by Gasteiger charge is -2.10. The van der Waals surface area contributed by atoms with Gasteiger partial charge in [-0.3, -0.25) is 0 Å². The number of anilines is 3. The zero-order valence-electron chi connectivity index (χ0n) is 10.0. The lowest BCUT2D eigenvalue weighted by molar-refractivity contribution is 0.936. The normalized spacial score (nSPS) is 14.4. The molecule has 0 spiro atoms. The molecular formula is C13H12BrClN4. The first-order valence-electron chi connectivity index (χ1n) is 5.98. The van der Waals surface area contributed by atoms with Crippen LogP contribution < -0.4 is 11.1 Å². The van der Waals surface area contributed by atoms with Gasteiger partial charge in [0.25, 0.3) is 0 Å². The van der Waals surface area contributed by atoms with Crippen molar-refractivity contribution in [1.29, 1.82) is 0 Å². The van der Waals surface area contributed by atoms with Gasteiger partial charge < -0.3 is 11.1 Å². The maximum Gasteiger partial charge on any atom is 0.136 e. The molecule has 2 aromatic rings. The largest absolute Gasteiger partial charge is 0.384 e. The van der Waals surface area contributed by atoms with Crippen LogP contribution in [0.4, 0.5) is 17.3 Å². The Morgan fingerprint density at radius 2 is 2.05 bits per heavy atom. The smallest absolute Gasteiger partial charge is 0.136 e. The molecule has 98 valence electrons. The molecule has 4 nitrogen and oxygen atoms in total. The van der Waals surface area contributed by atoms with Crippen LogP contribution in [0.3, 0.4) is 0 Å². The number of rotatable bonds is 3. The number of nitrogens with two attached hydrogens (primary N) is 1. The van der Waals surface area contributed by atoms with Gasteiger partial charge >= 0.3 is 0 Å². The third kappa shape index (κ3) is 2.98. The van der Waals surface area contributed by atoms with E-state index in [0.717, 1.165) is 28.8 Å². The summed E-state index contributed by atoms with van der Waals surface area (Å²) in [5.41, 5.74) is 6.67.